The van der Waals surface area contributed by atoms with Gasteiger partial charge in [0.1, 0.15) is 5.82 Å². The van der Waals surface area contributed by atoms with Crippen LogP contribution in [-0.2, 0) is 6.42 Å². The number of amides is 2. The first-order chi connectivity index (χ1) is 18.9. The Morgan fingerprint density at radius 2 is 1.77 bits per heavy atom. The van der Waals surface area contributed by atoms with Crippen LogP contribution in [-0.4, -0.2) is 54.3 Å². The summed E-state index contributed by atoms with van der Waals surface area (Å²) in [6, 6.07) is 9.86. The quantitative estimate of drug-likeness (QED) is 0.467. The van der Waals surface area contributed by atoms with E-state index in [0.717, 1.165) is 62.5 Å². The minimum absolute atomic E-state index is 0.0773. The first-order valence-electron chi connectivity index (χ1n) is 14.8. The van der Waals surface area contributed by atoms with E-state index in [1.54, 1.807) is 0 Å². The second-order valence-electron chi connectivity index (χ2n) is 12.4. The highest BCUT2D eigenvalue weighted by molar-refractivity contribution is 6.33. The van der Waals surface area contributed by atoms with Crippen LogP contribution in [0.25, 0.3) is 0 Å². The minimum Gasteiger partial charge on any atom is -0.345 e. The van der Waals surface area contributed by atoms with Crippen molar-refractivity contribution in [1.82, 2.24) is 15.1 Å². The van der Waals surface area contributed by atoms with Crippen molar-refractivity contribution < 1.29 is 14.0 Å². The zero-order valence-corrected chi connectivity index (χ0v) is 23.4. The first-order valence-corrected chi connectivity index (χ1v) is 15.2. The molecule has 1 spiro atoms. The lowest BCUT2D eigenvalue weighted by Gasteiger charge is -2.41. The van der Waals surface area contributed by atoms with Crippen LogP contribution in [0.15, 0.2) is 36.4 Å². The first kappa shape index (κ1) is 26.8. The molecular weight excluding hydrogens is 513 g/mol. The third-order valence-electron chi connectivity index (χ3n) is 9.85. The minimum atomic E-state index is -0.634. The third kappa shape index (κ3) is 5.60. The monoisotopic (exact) mass is 551 g/mol. The van der Waals surface area contributed by atoms with Crippen molar-refractivity contribution in [3.63, 3.8) is 0 Å². The van der Waals surface area contributed by atoms with Gasteiger partial charge in [-0.15, -0.1) is 0 Å². The summed E-state index contributed by atoms with van der Waals surface area (Å²) in [5, 5.41) is 3.05. The van der Waals surface area contributed by atoms with Gasteiger partial charge >= 0.3 is 0 Å². The fourth-order valence-electron chi connectivity index (χ4n) is 7.47. The molecule has 7 heteroatoms. The lowest BCUT2D eigenvalue weighted by molar-refractivity contribution is 0.0691. The Morgan fingerprint density at radius 3 is 2.54 bits per heavy atom. The molecule has 1 unspecified atom stereocenters. The number of carbonyl (C=O) groups is 2. The Morgan fingerprint density at radius 1 is 1.00 bits per heavy atom. The zero-order valence-electron chi connectivity index (χ0n) is 22.7. The van der Waals surface area contributed by atoms with Crippen LogP contribution in [0.3, 0.4) is 0 Å². The normalized spacial score (nSPS) is 23.2. The highest BCUT2D eigenvalue weighted by Crippen LogP contribution is 2.42. The molecule has 208 valence electrons. The number of piperidine rings is 1. The highest BCUT2D eigenvalue weighted by atomic mass is 35.5. The van der Waals surface area contributed by atoms with E-state index in [4.69, 9.17) is 11.6 Å². The van der Waals surface area contributed by atoms with E-state index >= 15 is 0 Å². The molecule has 0 bridgehead atoms. The van der Waals surface area contributed by atoms with Crippen molar-refractivity contribution in [2.24, 2.45) is 11.3 Å². The number of nitrogens with zero attached hydrogens (tertiary/aromatic N) is 2. The van der Waals surface area contributed by atoms with Crippen LogP contribution in [0.1, 0.15) is 95.7 Å². The van der Waals surface area contributed by atoms with Gasteiger partial charge in [0.2, 0.25) is 0 Å². The summed E-state index contributed by atoms with van der Waals surface area (Å²) in [5.41, 5.74) is 2.87. The zero-order chi connectivity index (χ0) is 27.0. The summed E-state index contributed by atoms with van der Waals surface area (Å²) >= 11 is 6.11. The van der Waals surface area contributed by atoms with Gasteiger partial charge in [-0.25, -0.2) is 4.39 Å². The van der Waals surface area contributed by atoms with E-state index in [-0.39, 0.29) is 28.0 Å². The smallest absolute Gasteiger partial charge is 0.256 e. The Kier molecular flexibility index (Phi) is 7.69. The van der Waals surface area contributed by atoms with Crippen LogP contribution in [0.2, 0.25) is 5.02 Å². The topological polar surface area (TPSA) is 52.7 Å². The van der Waals surface area contributed by atoms with Gasteiger partial charge in [-0.2, -0.15) is 0 Å². The molecule has 2 heterocycles. The lowest BCUT2D eigenvalue weighted by atomic mass is 9.77. The lowest BCUT2D eigenvalue weighted by Crippen LogP contribution is -2.44. The number of nitrogens with one attached hydrogen (secondary N) is 1. The summed E-state index contributed by atoms with van der Waals surface area (Å²) < 4.78 is 14.3. The number of hydrogen-bond acceptors (Lipinski definition) is 3. The van der Waals surface area contributed by atoms with Gasteiger partial charge in [0.05, 0.1) is 16.6 Å². The van der Waals surface area contributed by atoms with Crippen molar-refractivity contribution >= 4 is 23.4 Å². The molecule has 2 aromatic rings. The van der Waals surface area contributed by atoms with Crippen LogP contribution in [0.4, 0.5) is 4.39 Å². The fourth-order valence-corrected chi connectivity index (χ4v) is 7.72. The standard InChI is InChI=1S/C32H39ClFN3O2/c33-26-7-4-8-27(34)29(26)30(38)35-28-12-11-23-9-10-24(19-25(23)28)31(39)37-18-15-32(21-37)13-16-36(17-14-32)20-22-5-2-1-3-6-22/h4,7-10,19,22,28H,1-3,5-6,11-18,20-21H2,(H,35,38). The second kappa shape index (κ2) is 11.2. The molecule has 1 saturated carbocycles. The maximum atomic E-state index is 14.3. The molecule has 3 fully saturated rings. The molecule has 0 radical (unpaired) electrons. The number of carbonyl (C=O) groups excluding carboxylic acids is 2. The van der Waals surface area contributed by atoms with Crippen LogP contribution in [0.5, 0.6) is 0 Å². The maximum Gasteiger partial charge on any atom is 0.256 e. The van der Waals surface area contributed by atoms with Crippen molar-refractivity contribution in [2.45, 2.75) is 70.3 Å². The van der Waals surface area contributed by atoms with Gasteiger partial charge in [0.25, 0.3) is 11.8 Å². The molecular formula is C32H39ClFN3O2. The SMILES string of the molecule is O=C(NC1CCc2ccc(C(=O)N3CCC4(CCN(CC5CCCCC5)CC4)C3)cc21)c1c(F)cccc1Cl. The largest absolute Gasteiger partial charge is 0.345 e. The molecule has 4 aliphatic rings. The molecule has 2 aliphatic heterocycles. The van der Waals surface area contributed by atoms with E-state index in [0.29, 0.717) is 5.56 Å². The fraction of sp³-hybridized carbons (Fsp3) is 0.562. The van der Waals surface area contributed by atoms with E-state index < -0.39 is 11.7 Å². The van der Waals surface area contributed by atoms with Crippen molar-refractivity contribution in [2.75, 3.05) is 32.7 Å². The van der Waals surface area contributed by atoms with Gasteiger partial charge in [-0.05, 0) is 105 Å². The van der Waals surface area contributed by atoms with Gasteiger partial charge in [0.15, 0.2) is 0 Å². The number of likely N-dealkylation sites (tertiary alicyclic amines) is 2. The molecule has 39 heavy (non-hydrogen) atoms. The number of aryl methyl sites for hydroxylation is 1. The summed E-state index contributed by atoms with van der Waals surface area (Å²) in [7, 11) is 0. The molecule has 1 N–H and O–H groups in total. The summed E-state index contributed by atoms with van der Waals surface area (Å²) in [4.78, 5) is 31.2. The number of benzene rings is 2. The van der Waals surface area contributed by atoms with E-state index in [2.05, 4.69) is 10.2 Å². The van der Waals surface area contributed by atoms with Crippen LogP contribution < -0.4 is 5.32 Å². The van der Waals surface area contributed by atoms with Gasteiger partial charge in [-0.1, -0.05) is 43.0 Å². The summed E-state index contributed by atoms with van der Waals surface area (Å²) in [5.74, 6) is -0.200. The summed E-state index contributed by atoms with van der Waals surface area (Å²) in [6.45, 7) is 5.22. The van der Waals surface area contributed by atoms with Crippen LogP contribution in [0, 0.1) is 17.2 Å². The van der Waals surface area contributed by atoms with Crippen molar-refractivity contribution in [1.29, 1.82) is 0 Å². The maximum absolute atomic E-state index is 14.3. The average Bonchev–Trinajstić information content (AvgIpc) is 3.54. The van der Waals surface area contributed by atoms with Crippen LogP contribution >= 0.6 is 11.6 Å². The van der Waals surface area contributed by atoms with Gasteiger partial charge in [-0.3, -0.25) is 9.59 Å². The third-order valence-corrected chi connectivity index (χ3v) is 10.2. The number of halogens is 2. The highest BCUT2D eigenvalue weighted by Gasteiger charge is 2.42. The van der Waals surface area contributed by atoms with E-state index in [1.165, 1.54) is 69.7 Å². The Hall–Kier alpha value is -2.44. The van der Waals surface area contributed by atoms with Gasteiger partial charge < -0.3 is 15.1 Å². The van der Waals surface area contributed by atoms with Gasteiger partial charge in [0, 0.05) is 25.2 Å². The molecule has 0 aromatic heterocycles. The molecule has 2 aromatic carbocycles. The van der Waals surface area contributed by atoms with E-state index in [9.17, 15) is 14.0 Å². The van der Waals surface area contributed by atoms with E-state index in [1.807, 2.05) is 23.1 Å². The Balaban J connectivity index is 1.08. The predicted octanol–water partition coefficient (Wildman–Crippen LogP) is 6.40. The molecule has 5 nitrogen and oxygen atoms in total. The number of rotatable bonds is 5. The number of fused-ring (bicyclic) bond motifs is 1. The van der Waals surface area contributed by atoms with Crippen molar-refractivity contribution in [3.05, 3.63) is 69.5 Å². The molecule has 2 amide bonds. The summed E-state index contributed by atoms with van der Waals surface area (Å²) in [6.07, 6.45) is 12.0. The Labute approximate surface area is 236 Å². The molecule has 2 saturated heterocycles. The number of hydrogen-bond donors (Lipinski definition) is 1. The van der Waals surface area contributed by atoms with Crippen molar-refractivity contribution in [3.8, 4) is 0 Å². The molecule has 1 atom stereocenters. The molecule has 2 aliphatic carbocycles. The second-order valence-corrected chi connectivity index (χ2v) is 12.8. The molecule has 6 rings (SSSR count). The Bertz CT molecular complexity index is 1220. The average molecular weight is 552 g/mol. The predicted molar refractivity (Wildman–Crippen MR) is 152 cm³/mol.